The Morgan fingerprint density at radius 3 is 2.31 bits per heavy atom. The van der Waals surface area contributed by atoms with Crippen LogP contribution >= 0.6 is 0 Å². The minimum absolute atomic E-state index is 0.134. The second-order valence-electron chi connectivity index (χ2n) is 8.90. The van der Waals surface area contributed by atoms with Crippen LogP contribution in [0.2, 0.25) is 0 Å². The molecule has 4 nitrogen and oxygen atoms in total. The molecule has 0 aliphatic carbocycles. The number of rotatable bonds is 4. The van der Waals surface area contributed by atoms with E-state index in [9.17, 15) is 4.79 Å². The van der Waals surface area contributed by atoms with Crippen LogP contribution in [0, 0.1) is 6.92 Å². The van der Waals surface area contributed by atoms with Crippen molar-refractivity contribution in [3.8, 4) is 0 Å². The van der Waals surface area contributed by atoms with Gasteiger partial charge < -0.3 is 4.84 Å². The second-order valence-corrected chi connectivity index (χ2v) is 8.90. The van der Waals surface area contributed by atoms with Gasteiger partial charge in [0.2, 0.25) is 5.60 Å². The molecule has 3 aromatic carbocycles. The third kappa shape index (κ3) is 3.55. The third-order valence-corrected chi connectivity index (χ3v) is 6.89. The van der Waals surface area contributed by atoms with Crippen LogP contribution in [0.3, 0.4) is 0 Å². The number of hydrogen-bond donors (Lipinski definition) is 0. The standard InChI is InChI=1S/C28H28N2O2/c1-20-13-15-23(16-14-20)26-27(24-11-7-4-8-12-24)29-32-28(26)19-30(18-17-25(28)31)21(2)22-9-5-3-6-10-22/h3-16,21,26H,17-19H2,1-2H3/t21-,26-,28+/m1/s1. The lowest BCUT2D eigenvalue weighted by Crippen LogP contribution is -2.58. The summed E-state index contributed by atoms with van der Waals surface area (Å²) in [5.41, 5.74) is 4.31. The molecule has 162 valence electrons. The maximum Gasteiger partial charge on any atom is 0.220 e. The number of likely N-dealkylation sites (tertiary alicyclic amines) is 1. The normalized spacial score (nSPS) is 24.2. The summed E-state index contributed by atoms with van der Waals surface area (Å²) < 4.78 is 0. The molecule has 0 N–H and O–H groups in total. The zero-order chi connectivity index (χ0) is 22.1. The topological polar surface area (TPSA) is 41.9 Å². The molecule has 2 aliphatic rings. The highest BCUT2D eigenvalue weighted by Crippen LogP contribution is 2.45. The highest BCUT2D eigenvalue weighted by atomic mass is 16.7. The minimum atomic E-state index is -1.01. The Bertz CT molecular complexity index is 1130. The molecule has 0 unspecified atom stereocenters. The molecule has 1 saturated heterocycles. The molecular weight excluding hydrogens is 396 g/mol. The van der Waals surface area contributed by atoms with Gasteiger partial charge in [-0.05, 0) is 25.0 Å². The Hall–Kier alpha value is -3.24. The molecule has 0 radical (unpaired) electrons. The average molecular weight is 425 g/mol. The second kappa shape index (κ2) is 8.36. The summed E-state index contributed by atoms with van der Waals surface area (Å²) in [5, 5.41) is 4.55. The van der Waals surface area contributed by atoms with Gasteiger partial charge in [-0.3, -0.25) is 9.69 Å². The molecule has 0 amide bonds. The molecule has 1 spiro atoms. The van der Waals surface area contributed by atoms with Gasteiger partial charge in [0, 0.05) is 31.1 Å². The lowest BCUT2D eigenvalue weighted by atomic mass is 9.72. The monoisotopic (exact) mass is 424 g/mol. The number of aryl methyl sites for hydroxylation is 1. The van der Waals surface area contributed by atoms with Crippen molar-refractivity contribution in [1.29, 1.82) is 0 Å². The molecule has 3 atom stereocenters. The van der Waals surface area contributed by atoms with E-state index in [-0.39, 0.29) is 17.7 Å². The van der Waals surface area contributed by atoms with Crippen LogP contribution in [0.1, 0.15) is 47.6 Å². The number of ketones is 1. The number of nitrogens with zero attached hydrogens (tertiary/aromatic N) is 2. The van der Waals surface area contributed by atoms with E-state index in [2.05, 4.69) is 72.4 Å². The van der Waals surface area contributed by atoms with Crippen molar-refractivity contribution in [3.05, 3.63) is 107 Å². The van der Waals surface area contributed by atoms with Gasteiger partial charge in [0.05, 0.1) is 11.6 Å². The summed E-state index contributed by atoms with van der Waals surface area (Å²) >= 11 is 0. The number of piperidine rings is 1. The van der Waals surface area contributed by atoms with E-state index < -0.39 is 5.60 Å². The number of oxime groups is 1. The fourth-order valence-electron chi connectivity index (χ4n) is 5.00. The highest BCUT2D eigenvalue weighted by Gasteiger charge is 2.58. The molecule has 0 bridgehead atoms. The van der Waals surface area contributed by atoms with Gasteiger partial charge in [-0.2, -0.15) is 0 Å². The first-order chi connectivity index (χ1) is 15.6. The Kier molecular flexibility index (Phi) is 5.40. The molecule has 2 heterocycles. The molecule has 3 aromatic rings. The van der Waals surface area contributed by atoms with Crippen LogP contribution in [0.4, 0.5) is 0 Å². The van der Waals surface area contributed by atoms with Gasteiger partial charge in [-0.25, -0.2) is 0 Å². The smallest absolute Gasteiger partial charge is 0.220 e. The Labute approximate surface area is 189 Å². The van der Waals surface area contributed by atoms with Crippen molar-refractivity contribution < 1.29 is 9.63 Å². The lowest BCUT2D eigenvalue weighted by Gasteiger charge is -2.43. The van der Waals surface area contributed by atoms with Crippen molar-refractivity contribution in [2.24, 2.45) is 5.16 Å². The minimum Gasteiger partial charge on any atom is -0.378 e. The third-order valence-electron chi connectivity index (χ3n) is 6.89. The SMILES string of the molecule is Cc1ccc([C@@H]2C(c3ccccc3)=NO[C@]23CN([C@H](C)c2ccccc2)CCC3=O)cc1. The van der Waals surface area contributed by atoms with Gasteiger partial charge in [0.1, 0.15) is 0 Å². The number of carbonyl (C=O) groups excluding carboxylic acids is 1. The van der Waals surface area contributed by atoms with Gasteiger partial charge in [-0.15, -0.1) is 0 Å². The zero-order valence-electron chi connectivity index (χ0n) is 18.6. The Balaban J connectivity index is 1.56. The van der Waals surface area contributed by atoms with E-state index in [4.69, 9.17) is 4.84 Å². The first kappa shape index (κ1) is 20.7. The molecule has 0 saturated carbocycles. The van der Waals surface area contributed by atoms with Crippen LogP contribution in [-0.4, -0.2) is 35.1 Å². The number of Topliss-reactive ketones (excluding diaryl/α,β-unsaturated/α-hetero) is 1. The van der Waals surface area contributed by atoms with Crippen molar-refractivity contribution in [3.63, 3.8) is 0 Å². The molecule has 0 aromatic heterocycles. The summed E-state index contributed by atoms with van der Waals surface area (Å²) in [5.74, 6) is -0.113. The molecule has 1 fully saturated rings. The van der Waals surface area contributed by atoms with E-state index in [1.165, 1.54) is 11.1 Å². The Morgan fingerprint density at radius 1 is 0.969 bits per heavy atom. The van der Waals surface area contributed by atoms with E-state index in [0.717, 1.165) is 23.4 Å². The number of benzene rings is 3. The fraction of sp³-hybridized carbons (Fsp3) is 0.286. The predicted molar refractivity (Wildman–Crippen MR) is 127 cm³/mol. The van der Waals surface area contributed by atoms with Crippen molar-refractivity contribution in [2.75, 3.05) is 13.1 Å². The van der Waals surface area contributed by atoms with Crippen LogP contribution in [-0.2, 0) is 9.63 Å². The van der Waals surface area contributed by atoms with Crippen LogP contribution in [0.15, 0.2) is 90.1 Å². The number of hydrogen-bond acceptors (Lipinski definition) is 4. The molecule has 4 heteroatoms. The molecule has 5 rings (SSSR count). The average Bonchev–Trinajstić information content (AvgIpc) is 3.22. The van der Waals surface area contributed by atoms with E-state index >= 15 is 0 Å². The van der Waals surface area contributed by atoms with E-state index in [1.54, 1.807) is 0 Å². The molecule has 32 heavy (non-hydrogen) atoms. The quantitative estimate of drug-likeness (QED) is 0.572. The van der Waals surface area contributed by atoms with Crippen molar-refractivity contribution in [1.82, 2.24) is 4.90 Å². The first-order valence-electron chi connectivity index (χ1n) is 11.3. The maximum atomic E-state index is 13.5. The largest absolute Gasteiger partial charge is 0.378 e. The van der Waals surface area contributed by atoms with Gasteiger partial charge in [-0.1, -0.05) is 95.6 Å². The van der Waals surface area contributed by atoms with Crippen molar-refractivity contribution >= 4 is 11.5 Å². The molecular formula is C28H28N2O2. The van der Waals surface area contributed by atoms with Gasteiger partial charge in [0.15, 0.2) is 5.78 Å². The summed E-state index contributed by atoms with van der Waals surface area (Å²) in [6.45, 7) is 5.52. The molecule has 2 aliphatic heterocycles. The first-order valence-corrected chi connectivity index (χ1v) is 11.3. The fourth-order valence-corrected chi connectivity index (χ4v) is 5.00. The summed E-state index contributed by atoms with van der Waals surface area (Å²) in [6.07, 6.45) is 0.455. The maximum absolute atomic E-state index is 13.5. The summed E-state index contributed by atoms with van der Waals surface area (Å²) in [7, 11) is 0. The highest BCUT2D eigenvalue weighted by molar-refractivity contribution is 6.11. The van der Waals surface area contributed by atoms with Gasteiger partial charge >= 0.3 is 0 Å². The number of carbonyl (C=O) groups is 1. The lowest BCUT2D eigenvalue weighted by molar-refractivity contribution is -0.153. The Morgan fingerprint density at radius 2 is 1.62 bits per heavy atom. The van der Waals surface area contributed by atoms with Gasteiger partial charge in [0.25, 0.3) is 0 Å². The zero-order valence-corrected chi connectivity index (χ0v) is 18.6. The van der Waals surface area contributed by atoms with Crippen LogP contribution in [0.25, 0.3) is 0 Å². The predicted octanol–water partition coefficient (Wildman–Crippen LogP) is 5.29. The van der Waals surface area contributed by atoms with Crippen LogP contribution < -0.4 is 0 Å². The van der Waals surface area contributed by atoms with E-state index in [0.29, 0.717) is 13.0 Å². The van der Waals surface area contributed by atoms with E-state index in [1.807, 2.05) is 36.4 Å². The summed E-state index contributed by atoms with van der Waals surface area (Å²) in [6, 6.07) is 29.1. The summed E-state index contributed by atoms with van der Waals surface area (Å²) in [4.78, 5) is 22.1. The van der Waals surface area contributed by atoms with Crippen molar-refractivity contribution in [2.45, 2.75) is 37.8 Å². The van der Waals surface area contributed by atoms with Crippen LogP contribution in [0.5, 0.6) is 0 Å².